The van der Waals surface area contributed by atoms with Crippen molar-refractivity contribution in [2.24, 2.45) is 17.3 Å². The maximum atomic E-state index is 12.6. The lowest BCUT2D eigenvalue weighted by Crippen LogP contribution is -2.51. The summed E-state index contributed by atoms with van der Waals surface area (Å²) < 4.78 is 5.33. The summed E-state index contributed by atoms with van der Waals surface area (Å²) in [6.45, 7) is 5.54. The molecule has 1 saturated heterocycles. The second-order valence-electron chi connectivity index (χ2n) is 6.70. The minimum absolute atomic E-state index is 0. The van der Waals surface area contributed by atoms with Crippen LogP contribution in [0.3, 0.4) is 0 Å². The zero-order valence-corrected chi connectivity index (χ0v) is 14.3. The number of rotatable bonds is 5. The van der Waals surface area contributed by atoms with E-state index in [9.17, 15) is 4.79 Å². The van der Waals surface area contributed by atoms with Crippen molar-refractivity contribution in [1.82, 2.24) is 10.6 Å². The molecule has 2 aliphatic rings. The van der Waals surface area contributed by atoms with Crippen molar-refractivity contribution in [3.05, 3.63) is 0 Å². The summed E-state index contributed by atoms with van der Waals surface area (Å²) >= 11 is 0. The Bertz CT molecular complexity index is 314. The average molecular weight is 319 g/mol. The van der Waals surface area contributed by atoms with Gasteiger partial charge < -0.3 is 15.4 Å². The molecule has 2 unspecified atom stereocenters. The summed E-state index contributed by atoms with van der Waals surface area (Å²) in [6.07, 6.45) is 7.01. The summed E-state index contributed by atoms with van der Waals surface area (Å²) in [6, 6.07) is 0. The van der Waals surface area contributed by atoms with Gasteiger partial charge in [-0.1, -0.05) is 26.2 Å². The van der Waals surface area contributed by atoms with E-state index in [1.807, 2.05) is 0 Å². The Morgan fingerprint density at radius 3 is 2.57 bits per heavy atom. The van der Waals surface area contributed by atoms with E-state index in [1.165, 1.54) is 25.7 Å². The Hall–Kier alpha value is -0.320. The normalized spacial score (nSPS) is 28.5. The van der Waals surface area contributed by atoms with Crippen LogP contribution in [0, 0.1) is 17.3 Å². The first-order valence-electron chi connectivity index (χ1n) is 8.16. The fourth-order valence-corrected chi connectivity index (χ4v) is 3.73. The summed E-state index contributed by atoms with van der Waals surface area (Å²) in [5.41, 5.74) is -0.308. The second-order valence-corrected chi connectivity index (χ2v) is 6.70. The molecule has 0 aromatic carbocycles. The summed E-state index contributed by atoms with van der Waals surface area (Å²) in [4.78, 5) is 12.6. The van der Waals surface area contributed by atoms with Crippen molar-refractivity contribution in [3.63, 3.8) is 0 Å². The van der Waals surface area contributed by atoms with E-state index in [0.717, 1.165) is 38.4 Å². The van der Waals surface area contributed by atoms with Crippen LogP contribution in [0.4, 0.5) is 0 Å². The first-order chi connectivity index (χ1) is 9.68. The molecule has 0 bridgehead atoms. The highest BCUT2D eigenvalue weighted by molar-refractivity contribution is 5.85. The van der Waals surface area contributed by atoms with E-state index in [2.05, 4.69) is 17.6 Å². The molecule has 0 radical (unpaired) electrons. The first kappa shape index (κ1) is 18.7. The molecule has 2 rings (SSSR count). The monoisotopic (exact) mass is 318 g/mol. The van der Waals surface area contributed by atoms with Gasteiger partial charge in [-0.3, -0.25) is 4.79 Å². The Morgan fingerprint density at radius 1 is 1.29 bits per heavy atom. The molecule has 1 aliphatic heterocycles. The van der Waals surface area contributed by atoms with Gasteiger partial charge in [0.1, 0.15) is 0 Å². The average Bonchev–Trinajstić information content (AvgIpc) is 2.47. The number of nitrogens with one attached hydrogen (secondary N) is 2. The van der Waals surface area contributed by atoms with E-state index >= 15 is 0 Å². The lowest BCUT2D eigenvalue weighted by Gasteiger charge is -2.36. The summed E-state index contributed by atoms with van der Waals surface area (Å²) in [5.74, 6) is 1.61. The van der Waals surface area contributed by atoms with Gasteiger partial charge >= 0.3 is 0 Å². The standard InChI is InChI=1S/C16H30N2O2.ClH/c1-13-5-3-4-6-14(13)11-18-15(19)16(12-20-2)7-9-17-10-8-16;/h13-14,17H,3-12H2,1-2H3,(H,18,19);1H. The van der Waals surface area contributed by atoms with E-state index in [-0.39, 0.29) is 23.7 Å². The van der Waals surface area contributed by atoms with Gasteiger partial charge in [0.2, 0.25) is 5.91 Å². The predicted octanol–water partition coefficient (Wildman–Crippen LogP) is 2.37. The molecule has 21 heavy (non-hydrogen) atoms. The quantitative estimate of drug-likeness (QED) is 0.818. The number of carbonyl (C=O) groups is 1. The van der Waals surface area contributed by atoms with Gasteiger partial charge in [-0.25, -0.2) is 0 Å². The number of methoxy groups -OCH3 is 1. The van der Waals surface area contributed by atoms with E-state index in [4.69, 9.17) is 4.74 Å². The minimum Gasteiger partial charge on any atom is -0.384 e. The molecule has 2 atom stereocenters. The van der Waals surface area contributed by atoms with Gasteiger partial charge in [0.25, 0.3) is 0 Å². The lowest BCUT2D eigenvalue weighted by molar-refractivity contribution is -0.136. The maximum Gasteiger partial charge on any atom is 0.228 e. The molecular formula is C16H31ClN2O2. The molecule has 0 aromatic rings. The van der Waals surface area contributed by atoms with Crippen LogP contribution in [0.2, 0.25) is 0 Å². The number of halogens is 1. The van der Waals surface area contributed by atoms with Gasteiger partial charge in [0, 0.05) is 13.7 Å². The molecule has 0 aromatic heterocycles. The number of piperidine rings is 1. The van der Waals surface area contributed by atoms with Gasteiger partial charge in [0.15, 0.2) is 0 Å². The van der Waals surface area contributed by atoms with Crippen LogP contribution in [0.25, 0.3) is 0 Å². The van der Waals surface area contributed by atoms with E-state index in [0.29, 0.717) is 12.5 Å². The Labute approximate surface area is 135 Å². The van der Waals surface area contributed by atoms with Gasteiger partial charge in [-0.15, -0.1) is 12.4 Å². The highest BCUT2D eigenvalue weighted by Gasteiger charge is 2.39. The topological polar surface area (TPSA) is 50.4 Å². The number of amides is 1. The van der Waals surface area contributed by atoms with Gasteiger partial charge in [-0.05, 0) is 44.2 Å². The van der Waals surface area contributed by atoms with Crippen molar-refractivity contribution in [3.8, 4) is 0 Å². The van der Waals surface area contributed by atoms with Crippen LogP contribution in [0.5, 0.6) is 0 Å². The van der Waals surface area contributed by atoms with Crippen molar-refractivity contribution in [1.29, 1.82) is 0 Å². The molecule has 124 valence electrons. The third-order valence-corrected chi connectivity index (χ3v) is 5.28. The second kappa shape index (κ2) is 8.96. The van der Waals surface area contributed by atoms with Crippen LogP contribution < -0.4 is 10.6 Å². The Kier molecular flexibility index (Phi) is 7.99. The number of hydrogen-bond acceptors (Lipinski definition) is 3. The molecule has 1 heterocycles. The molecule has 0 spiro atoms. The zero-order valence-electron chi connectivity index (χ0n) is 13.5. The lowest BCUT2D eigenvalue weighted by atomic mass is 9.77. The number of carbonyl (C=O) groups excluding carboxylic acids is 1. The third-order valence-electron chi connectivity index (χ3n) is 5.28. The minimum atomic E-state index is -0.308. The van der Waals surface area contributed by atoms with Crippen LogP contribution in [-0.4, -0.2) is 39.3 Å². The number of ether oxygens (including phenoxy) is 1. The SMILES string of the molecule is COCC1(C(=O)NCC2CCCCC2C)CCNCC1.Cl. The van der Waals surface area contributed by atoms with Crippen LogP contribution >= 0.6 is 12.4 Å². The highest BCUT2D eigenvalue weighted by Crippen LogP contribution is 2.31. The first-order valence-corrected chi connectivity index (χ1v) is 8.16. The molecule has 2 N–H and O–H groups in total. The van der Waals surface area contributed by atoms with Crippen molar-refractivity contribution >= 4 is 18.3 Å². The van der Waals surface area contributed by atoms with Gasteiger partial charge in [0.05, 0.1) is 12.0 Å². The fraction of sp³-hybridized carbons (Fsp3) is 0.938. The van der Waals surface area contributed by atoms with Crippen LogP contribution in [-0.2, 0) is 9.53 Å². The van der Waals surface area contributed by atoms with Crippen molar-refractivity contribution < 1.29 is 9.53 Å². The zero-order chi connectivity index (χ0) is 14.4. The van der Waals surface area contributed by atoms with Gasteiger partial charge in [-0.2, -0.15) is 0 Å². The largest absolute Gasteiger partial charge is 0.384 e. The predicted molar refractivity (Wildman–Crippen MR) is 87.8 cm³/mol. The Morgan fingerprint density at radius 2 is 1.95 bits per heavy atom. The molecule has 1 saturated carbocycles. The summed E-state index contributed by atoms with van der Waals surface area (Å²) in [7, 11) is 1.69. The number of hydrogen-bond donors (Lipinski definition) is 2. The fourth-order valence-electron chi connectivity index (χ4n) is 3.73. The smallest absolute Gasteiger partial charge is 0.228 e. The molecule has 4 nitrogen and oxygen atoms in total. The molecule has 2 fully saturated rings. The molecule has 1 aliphatic carbocycles. The molecule has 1 amide bonds. The third kappa shape index (κ3) is 4.83. The maximum absolute atomic E-state index is 12.6. The van der Waals surface area contributed by atoms with Crippen LogP contribution in [0.1, 0.15) is 45.4 Å². The van der Waals surface area contributed by atoms with E-state index in [1.54, 1.807) is 7.11 Å². The molecular weight excluding hydrogens is 288 g/mol. The van der Waals surface area contributed by atoms with Crippen molar-refractivity contribution in [2.75, 3.05) is 33.4 Å². The molecule has 5 heteroatoms. The van der Waals surface area contributed by atoms with Crippen molar-refractivity contribution in [2.45, 2.75) is 45.4 Å². The highest BCUT2D eigenvalue weighted by atomic mass is 35.5. The van der Waals surface area contributed by atoms with Crippen LogP contribution in [0.15, 0.2) is 0 Å². The Balaban J connectivity index is 0.00000220. The summed E-state index contributed by atoms with van der Waals surface area (Å²) in [5, 5.41) is 6.56. The van der Waals surface area contributed by atoms with E-state index < -0.39 is 0 Å².